The van der Waals surface area contributed by atoms with Gasteiger partial charge in [0.25, 0.3) is 5.91 Å². The quantitative estimate of drug-likeness (QED) is 0.783. The summed E-state index contributed by atoms with van der Waals surface area (Å²) in [5, 5.41) is 2.51. The van der Waals surface area contributed by atoms with Gasteiger partial charge in [-0.15, -0.1) is 11.3 Å². The minimum Gasteiger partial charge on any atom is -0.383 e. The second kappa shape index (κ2) is 8.31. The van der Waals surface area contributed by atoms with Gasteiger partial charge in [0.2, 0.25) is 0 Å². The Kier molecular flexibility index (Phi) is 7.08. The lowest BCUT2D eigenvalue weighted by Crippen LogP contribution is -2.43. The van der Waals surface area contributed by atoms with Gasteiger partial charge in [-0.1, -0.05) is 0 Å². The first-order chi connectivity index (χ1) is 9.51. The van der Waals surface area contributed by atoms with Crippen LogP contribution in [-0.4, -0.2) is 55.8 Å². The summed E-state index contributed by atoms with van der Waals surface area (Å²) in [6, 6.07) is -0.200. The summed E-state index contributed by atoms with van der Waals surface area (Å²) < 4.78 is 10.2. The summed E-state index contributed by atoms with van der Waals surface area (Å²) in [6.07, 6.45) is 0. The molecule has 1 amide bonds. The number of nitrogens with two attached hydrogens (primary N) is 1. The minimum atomic E-state index is -0.162. The Labute approximate surface area is 123 Å². The average Bonchev–Trinajstić information content (AvgIpc) is 2.89. The predicted octanol–water partition coefficient (Wildman–Crippen LogP) is 1.29. The maximum atomic E-state index is 12.5. The van der Waals surface area contributed by atoms with Crippen molar-refractivity contribution < 1.29 is 14.3 Å². The van der Waals surface area contributed by atoms with Gasteiger partial charge in [-0.2, -0.15) is 0 Å². The average molecular weight is 301 g/mol. The molecule has 20 heavy (non-hydrogen) atoms. The van der Waals surface area contributed by atoms with Crippen LogP contribution in [0.15, 0.2) is 5.38 Å². The van der Waals surface area contributed by atoms with Gasteiger partial charge in [0.05, 0.1) is 25.3 Å². The van der Waals surface area contributed by atoms with Crippen LogP contribution < -0.4 is 5.73 Å². The zero-order chi connectivity index (χ0) is 15.1. The van der Waals surface area contributed by atoms with Crippen LogP contribution >= 0.6 is 11.3 Å². The van der Waals surface area contributed by atoms with Crippen LogP contribution in [0, 0.1) is 0 Å². The summed E-state index contributed by atoms with van der Waals surface area (Å²) in [4.78, 5) is 18.5. The lowest BCUT2D eigenvalue weighted by molar-refractivity contribution is 0.0475. The van der Waals surface area contributed by atoms with Crippen LogP contribution in [0.4, 0.5) is 0 Å². The minimum absolute atomic E-state index is 0.0388. The highest BCUT2D eigenvalue weighted by Gasteiger charge is 2.23. The lowest BCUT2D eigenvalue weighted by atomic mass is 10.2. The van der Waals surface area contributed by atoms with E-state index in [4.69, 9.17) is 15.2 Å². The first-order valence-corrected chi connectivity index (χ1v) is 7.39. The highest BCUT2D eigenvalue weighted by atomic mass is 32.1. The normalized spacial score (nSPS) is 14.1. The number of carbonyl (C=O) groups is 1. The van der Waals surface area contributed by atoms with Crippen molar-refractivity contribution in [2.45, 2.75) is 25.9 Å². The predicted molar refractivity (Wildman–Crippen MR) is 79.0 cm³/mol. The molecule has 0 aliphatic heterocycles. The van der Waals surface area contributed by atoms with Crippen LogP contribution in [0.2, 0.25) is 0 Å². The Bertz CT molecular complexity index is 423. The molecule has 0 aliphatic carbocycles. The molecular formula is C13H23N3O3S. The number of amides is 1. The molecular weight excluding hydrogens is 278 g/mol. The maximum Gasteiger partial charge on any atom is 0.273 e. The van der Waals surface area contributed by atoms with Crippen LogP contribution in [-0.2, 0) is 9.47 Å². The van der Waals surface area contributed by atoms with E-state index in [0.717, 1.165) is 5.01 Å². The number of carbonyl (C=O) groups excluding carboxylic acids is 1. The number of rotatable bonds is 8. The van der Waals surface area contributed by atoms with Crippen LogP contribution in [0.1, 0.15) is 35.4 Å². The van der Waals surface area contributed by atoms with Crippen LogP contribution in [0.5, 0.6) is 0 Å². The molecule has 0 spiro atoms. The van der Waals surface area contributed by atoms with E-state index >= 15 is 0 Å². The highest BCUT2D eigenvalue weighted by Crippen LogP contribution is 2.18. The van der Waals surface area contributed by atoms with Crippen molar-refractivity contribution in [1.82, 2.24) is 9.88 Å². The SMILES string of the molecule is COCCN(C(=O)c1csc(C(C)N)n1)C(C)COC. The third-order valence-corrected chi connectivity index (χ3v) is 3.91. The van der Waals surface area contributed by atoms with Gasteiger partial charge in [-0.3, -0.25) is 4.79 Å². The van der Waals surface area contributed by atoms with E-state index in [-0.39, 0.29) is 18.0 Å². The first kappa shape index (κ1) is 17.0. The van der Waals surface area contributed by atoms with Gasteiger partial charge in [0, 0.05) is 26.1 Å². The highest BCUT2D eigenvalue weighted by molar-refractivity contribution is 7.09. The second-order valence-electron chi connectivity index (χ2n) is 4.66. The van der Waals surface area contributed by atoms with Gasteiger partial charge in [0.15, 0.2) is 0 Å². The maximum absolute atomic E-state index is 12.5. The summed E-state index contributed by atoms with van der Waals surface area (Å²) >= 11 is 1.41. The summed E-state index contributed by atoms with van der Waals surface area (Å²) in [6.45, 7) is 5.24. The molecule has 2 N–H and O–H groups in total. The molecule has 114 valence electrons. The van der Waals surface area contributed by atoms with E-state index in [9.17, 15) is 4.79 Å². The molecule has 0 aliphatic rings. The molecule has 1 aromatic rings. The summed E-state index contributed by atoms with van der Waals surface area (Å²) in [5.74, 6) is -0.116. The monoisotopic (exact) mass is 301 g/mol. The number of aromatic nitrogens is 1. The van der Waals surface area contributed by atoms with Crippen LogP contribution in [0.3, 0.4) is 0 Å². The number of methoxy groups -OCH3 is 2. The van der Waals surface area contributed by atoms with Gasteiger partial charge in [-0.05, 0) is 13.8 Å². The molecule has 2 unspecified atom stereocenters. The van der Waals surface area contributed by atoms with Gasteiger partial charge in [-0.25, -0.2) is 4.98 Å². The van der Waals surface area contributed by atoms with Crippen molar-refractivity contribution in [3.8, 4) is 0 Å². The Balaban J connectivity index is 2.84. The second-order valence-corrected chi connectivity index (χ2v) is 5.55. The third kappa shape index (κ3) is 4.52. The van der Waals surface area contributed by atoms with E-state index in [1.165, 1.54) is 11.3 Å². The van der Waals surface area contributed by atoms with Crippen molar-refractivity contribution in [2.24, 2.45) is 5.73 Å². The number of nitrogens with zero attached hydrogens (tertiary/aromatic N) is 2. The topological polar surface area (TPSA) is 77.7 Å². The van der Waals surface area contributed by atoms with E-state index in [1.54, 1.807) is 24.5 Å². The lowest BCUT2D eigenvalue weighted by Gasteiger charge is -2.28. The van der Waals surface area contributed by atoms with Crippen molar-refractivity contribution >= 4 is 17.2 Å². The Morgan fingerprint density at radius 3 is 2.65 bits per heavy atom. The fourth-order valence-corrected chi connectivity index (χ4v) is 2.54. The standard InChI is InChI=1S/C13H23N3O3S/c1-9(7-19-4)16(5-6-18-3)13(17)11-8-20-12(15-11)10(2)14/h8-10H,5-7,14H2,1-4H3. The van der Waals surface area contributed by atoms with E-state index < -0.39 is 0 Å². The fourth-order valence-electron chi connectivity index (χ4n) is 1.79. The molecule has 0 saturated carbocycles. The molecule has 0 bridgehead atoms. The molecule has 1 rings (SSSR count). The summed E-state index contributed by atoms with van der Waals surface area (Å²) in [7, 11) is 3.23. The molecule has 6 nitrogen and oxygen atoms in total. The van der Waals surface area contributed by atoms with E-state index in [0.29, 0.717) is 25.5 Å². The van der Waals surface area contributed by atoms with E-state index in [2.05, 4.69) is 4.98 Å². The zero-order valence-corrected chi connectivity index (χ0v) is 13.3. The first-order valence-electron chi connectivity index (χ1n) is 6.51. The third-order valence-electron chi connectivity index (χ3n) is 2.87. The van der Waals surface area contributed by atoms with Crippen molar-refractivity contribution in [1.29, 1.82) is 0 Å². The number of ether oxygens (including phenoxy) is 2. The Morgan fingerprint density at radius 1 is 1.45 bits per heavy atom. The smallest absolute Gasteiger partial charge is 0.273 e. The molecule has 1 aromatic heterocycles. The van der Waals surface area contributed by atoms with Crippen molar-refractivity contribution in [3.05, 3.63) is 16.1 Å². The fraction of sp³-hybridized carbons (Fsp3) is 0.692. The molecule has 0 fully saturated rings. The molecule has 7 heteroatoms. The van der Waals surface area contributed by atoms with Crippen molar-refractivity contribution in [3.63, 3.8) is 0 Å². The molecule has 0 aromatic carbocycles. The van der Waals surface area contributed by atoms with Gasteiger partial charge in [0.1, 0.15) is 10.7 Å². The molecule has 2 atom stereocenters. The summed E-state index contributed by atoms with van der Waals surface area (Å²) in [5.41, 5.74) is 6.21. The Morgan fingerprint density at radius 2 is 2.15 bits per heavy atom. The van der Waals surface area contributed by atoms with Gasteiger partial charge < -0.3 is 20.1 Å². The van der Waals surface area contributed by atoms with E-state index in [1.807, 2.05) is 13.8 Å². The Hall–Kier alpha value is -1.02. The molecule has 0 radical (unpaired) electrons. The molecule has 1 heterocycles. The largest absolute Gasteiger partial charge is 0.383 e. The number of hydrogen-bond donors (Lipinski definition) is 1. The van der Waals surface area contributed by atoms with Gasteiger partial charge >= 0.3 is 0 Å². The number of thiazole rings is 1. The zero-order valence-electron chi connectivity index (χ0n) is 12.5. The number of hydrogen-bond acceptors (Lipinski definition) is 6. The molecule has 0 saturated heterocycles. The van der Waals surface area contributed by atoms with Crippen molar-refractivity contribution in [2.75, 3.05) is 34.0 Å². The van der Waals surface area contributed by atoms with Crippen LogP contribution in [0.25, 0.3) is 0 Å².